The number of benzene rings is 2. The van der Waals surface area contributed by atoms with Gasteiger partial charge >= 0.3 is 6.09 Å². The van der Waals surface area contributed by atoms with E-state index in [0.717, 1.165) is 35.2 Å². The van der Waals surface area contributed by atoms with Crippen LogP contribution in [0.2, 0.25) is 0 Å². The monoisotopic (exact) mass is 884 g/mol. The largest absolute Gasteiger partial charge is 0.493 e. The number of likely N-dealkylation sites (tertiary alicyclic amines) is 1. The first-order chi connectivity index (χ1) is 31.4. The Morgan fingerprint density at radius 1 is 0.969 bits per heavy atom. The molecule has 0 unspecified atom stereocenters. The van der Waals surface area contributed by atoms with Crippen molar-refractivity contribution in [3.05, 3.63) is 78.0 Å². The molecule has 0 spiro atoms. The topological polar surface area (TPSA) is 192 Å². The summed E-state index contributed by atoms with van der Waals surface area (Å²) in [4.78, 5) is 60.5. The fourth-order valence-electron chi connectivity index (χ4n) is 9.23. The summed E-state index contributed by atoms with van der Waals surface area (Å²) in [6.07, 6.45) is 9.98. The van der Waals surface area contributed by atoms with E-state index in [0.29, 0.717) is 102 Å². The van der Waals surface area contributed by atoms with Crippen LogP contribution in [0.1, 0.15) is 76.5 Å². The zero-order valence-corrected chi connectivity index (χ0v) is 37.1. The van der Waals surface area contributed by atoms with E-state index in [1.165, 1.54) is 12.5 Å². The molecular formula is C48H52N8O9. The van der Waals surface area contributed by atoms with E-state index >= 15 is 0 Å². The molecule has 0 bridgehead atoms. The summed E-state index contributed by atoms with van der Waals surface area (Å²) in [5, 5.41) is 9.52. The highest BCUT2D eigenvalue weighted by Gasteiger charge is 2.44. The Bertz CT molecular complexity index is 2710. The van der Waals surface area contributed by atoms with Gasteiger partial charge in [0.25, 0.3) is 0 Å². The number of hydrazone groups is 1. The molecule has 2 fully saturated rings. The molecule has 2 aromatic carbocycles. The number of hydrogen-bond acceptors (Lipinski definition) is 13. The van der Waals surface area contributed by atoms with Crippen molar-refractivity contribution in [2.45, 2.75) is 90.3 Å². The fraction of sp³-hybridized carbons (Fsp3) is 0.438. The molecule has 7 heterocycles. The Hall–Kier alpha value is -6.91. The van der Waals surface area contributed by atoms with E-state index in [4.69, 9.17) is 33.5 Å². The number of H-pyrrole nitrogens is 1. The maximum atomic E-state index is 14.4. The molecule has 1 atom stereocenters. The van der Waals surface area contributed by atoms with Crippen molar-refractivity contribution < 1.29 is 42.8 Å². The smallest absolute Gasteiger partial charge is 0.413 e. The molecule has 4 aliphatic heterocycles. The van der Waals surface area contributed by atoms with Gasteiger partial charge in [-0.25, -0.2) is 19.8 Å². The lowest BCUT2D eigenvalue weighted by atomic mass is 9.80. The maximum absolute atomic E-state index is 14.4. The molecule has 3 aromatic heterocycles. The van der Waals surface area contributed by atoms with Crippen LogP contribution in [0.3, 0.4) is 0 Å². The minimum Gasteiger partial charge on any atom is -0.493 e. The molecule has 17 heteroatoms. The number of carbonyl (C=O) groups is 3. The Kier molecular flexibility index (Phi) is 10.7. The van der Waals surface area contributed by atoms with Gasteiger partial charge in [-0.05, 0) is 81.3 Å². The lowest BCUT2D eigenvalue weighted by Crippen LogP contribution is -2.56. The summed E-state index contributed by atoms with van der Waals surface area (Å²) in [5.41, 5.74) is 4.38. The Labute approximate surface area is 375 Å². The lowest BCUT2D eigenvalue weighted by molar-refractivity contribution is -0.145. The van der Waals surface area contributed by atoms with Crippen molar-refractivity contribution in [1.82, 2.24) is 35.2 Å². The number of methoxy groups -OCH3 is 1. The number of nitrogens with one attached hydrogen (secondary N) is 2. The third kappa shape index (κ3) is 8.23. The van der Waals surface area contributed by atoms with Gasteiger partial charge in [-0.1, -0.05) is 19.9 Å². The van der Waals surface area contributed by atoms with Crippen LogP contribution in [0.15, 0.2) is 66.4 Å². The van der Waals surface area contributed by atoms with E-state index in [-0.39, 0.29) is 36.8 Å². The summed E-state index contributed by atoms with van der Waals surface area (Å²) in [7, 11) is 1.63. The minimum atomic E-state index is -0.988. The van der Waals surface area contributed by atoms with Crippen molar-refractivity contribution in [3.8, 4) is 45.8 Å². The van der Waals surface area contributed by atoms with Crippen LogP contribution in [0.25, 0.3) is 22.3 Å². The first kappa shape index (κ1) is 42.1. The molecule has 1 saturated heterocycles. The van der Waals surface area contributed by atoms with Gasteiger partial charge in [-0.2, -0.15) is 5.10 Å². The predicted molar refractivity (Wildman–Crippen MR) is 237 cm³/mol. The zero-order valence-electron chi connectivity index (χ0n) is 37.1. The second-order valence-corrected chi connectivity index (χ2v) is 18.7. The predicted octanol–water partition coefficient (Wildman–Crippen LogP) is 6.61. The van der Waals surface area contributed by atoms with Gasteiger partial charge in [-0.15, -0.1) is 0 Å². The highest BCUT2D eigenvalue weighted by Crippen LogP contribution is 2.49. The molecule has 65 heavy (non-hydrogen) atoms. The fourth-order valence-corrected chi connectivity index (χ4v) is 9.23. The van der Waals surface area contributed by atoms with Crippen molar-refractivity contribution in [2.75, 3.05) is 33.6 Å². The molecule has 0 radical (unpaired) electrons. The highest BCUT2D eigenvalue weighted by atomic mass is 16.7. The third-order valence-corrected chi connectivity index (χ3v) is 12.8. The van der Waals surface area contributed by atoms with Crippen LogP contribution >= 0.6 is 0 Å². The normalized spacial score (nSPS) is 19.0. The van der Waals surface area contributed by atoms with Crippen molar-refractivity contribution >= 4 is 34.7 Å². The first-order valence-electron chi connectivity index (χ1n) is 22.2. The van der Waals surface area contributed by atoms with Crippen molar-refractivity contribution in [2.24, 2.45) is 16.4 Å². The van der Waals surface area contributed by atoms with Crippen LogP contribution in [0.4, 0.5) is 4.79 Å². The molecule has 2 N–H and O–H groups in total. The average molecular weight is 885 g/mol. The van der Waals surface area contributed by atoms with E-state index in [1.807, 2.05) is 58.0 Å². The van der Waals surface area contributed by atoms with Gasteiger partial charge in [0.1, 0.15) is 34.9 Å². The molecule has 10 rings (SSSR count). The Morgan fingerprint density at radius 3 is 2.55 bits per heavy atom. The zero-order chi connectivity index (χ0) is 45.0. The summed E-state index contributed by atoms with van der Waals surface area (Å²) in [6, 6.07) is 9.99. The second-order valence-electron chi connectivity index (χ2n) is 18.7. The SMILES string of the molecule is COc1ccc(C2=NN(C3CCN(C(=O)[C@H](Cc4cccnc4)NC(=O)Oc4c[nH]c5c(-c6c(OCC7CC7)ccc7c6OCO7)ncnc45)CC3)C(=O)C(C)(C)C2)c2c1OC(C)(C)C2. The number of amides is 3. The minimum absolute atomic E-state index is 0.0568. The number of pyridine rings is 1. The molecular weight excluding hydrogens is 833 g/mol. The van der Waals surface area contributed by atoms with E-state index in [2.05, 4.69) is 25.3 Å². The second kappa shape index (κ2) is 16.6. The number of ether oxygens (including phenoxy) is 6. The van der Waals surface area contributed by atoms with E-state index in [1.54, 1.807) is 35.5 Å². The van der Waals surface area contributed by atoms with Gasteiger partial charge in [0, 0.05) is 62.1 Å². The maximum Gasteiger partial charge on any atom is 0.413 e. The van der Waals surface area contributed by atoms with Gasteiger partial charge < -0.3 is 43.6 Å². The Morgan fingerprint density at radius 2 is 1.78 bits per heavy atom. The molecule has 5 aliphatic rings. The van der Waals surface area contributed by atoms with Crippen LogP contribution in [0, 0.1) is 11.3 Å². The summed E-state index contributed by atoms with van der Waals surface area (Å²) >= 11 is 0. The average Bonchev–Trinajstić information content (AvgIpc) is 3.67. The number of aromatic nitrogens is 4. The number of nitrogens with zero attached hydrogens (tertiary/aromatic N) is 6. The third-order valence-electron chi connectivity index (χ3n) is 12.8. The summed E-state index contributed by atoms with van der Waals surface area (Å²) in [6.45, 7) is 9.35. The molecule has 5 aromatic rings. The molecule has 1 aliphatic carbocycles. The van der Waals surface area contributed by atoms with Gasteiger partial charge in [0.05, 0.1) is 42.0 Å². The number of rotatable bonds is 12. The van der Waals surface area contributed by atoms with Gasteiger partial charge in [0.15, 0.2) is 28.7 Å². The van der Waals surface area contributed by atoms with E-state index < -0.39 is 23.2 Å². The van der Waals surface area contributed by atoms with Gasteiger partial charge in [0.2, 0.25) is 18.6 Å². The van der Waals surface area contributed by atoms with Crippen LogP contribution < -0.4 is 33.7 Å². The van der Waals surface area contributed by atoms with Crippen LogP contribution in [-0.4, -0.2) is 105 Å². The lowest BCUT2D eigenvalue weighted by Gasteiger charge is -2.42. The summed E-state index contributed by atoms with van der Waals surface area (Å²) < 4.78 is 35.7. The number of aromatic amines is 1. The quantitative estimate of drug-likeness (QED) is 0.136. The number of piperidine rings is 1. The summed E-state index contributed by atoms with van der Waals surface area (Å²) in [5.74, 6) is 3.38. The number of carbonyl (C=O) groups excluding carboxylic acids is 3. The van der Waals surface area contributed by atoms with Gasteiger partial charge in [-0.3, -0.25) is 14.6 Å². The van der Waals surface area contributed by atoms with E-state index in [9.17, 15) is 14.4 Å². The standard InChI is InChI=1S/C48H52N8O9/c1-47(2)21-33(30-10-11-35(60-5)42-31(30)20-48(3,4)65-42)54-56(45(47)58)29-14-17-55(18-15-29)44(57)32(19-28-7-6-16-49-22-28)53-46(59)64-37-23-50-41-39(37)51-25-52-40(41)38-34(61-24-27-8-9-27)12-13-36-43(38)63-26-62-36/h6-7,10-13,16,22-23,25,27,29,32,50H,8-9,14-15,17-21,24,26H2,1-5H3,(H,53,59)/t32-/m0/s1. The Balaban J connectivity index is 0.858. The number of fused-ring (bicyclic) bond motifs is 3. The molecule has 1 saturated carbocycles. The number of hydrogen-bond donors (Lipinski definition) is 2. The van der Waals surface area contributed by atoms with Crippen molar-refractivity contribution in [3.63, 3.8) is 0 Å². The van der Waals surface area contributed by atoms with Crippen molar-refractivity contribution in [1.29, 1.82) is 0 Å². The highest BCUT2D eigenvalue weighted by molar-refractivity contribution is 6.07. The molecule has 17 nitrogen and oxygen atoms in total. The van der Waals surface area contributed by atoms with Crippen LogP contribution in [0.5, 0.6) is 34.5 Å². The first-order valence-corrected chi connectivity index (χ1v) is 22.2. The molecule has 3 amide bonds. The molecule has 338 valence electrons. The van der Waals surface area contributed by atoms with Crippen LogP contribution in [-0.2, 0) is 22.4 Å².